The predicted molar refractivity (Wildman–Crippen MR) is 105 cm³/mol. The number of nitrogens with zero attached hydrogens (tertiary/aromatic N) is 2. The number of methoxy groups -OCH3 is 2. The molecule has 31 heavy (non-hydrogen) atoms. The number of nitrogen functional groups attached to an aromatic ring is 1. The number of nitrogens with two attached hydrogens (primary N) is 1. The van der Waals surface area contributed by atoms with Crippen molar-refractivity contribution in [3.05, 3.63) is 47.8 Å². The van der Waals surface area contributed by atoms with Gasteiger partial charge in [-0.15, -0.1) is 0 Å². The maximum absolute atomic E-state index is 12.5. The molecule has 0 aliphatic carbocycles. The van der Waals surface area contributed by atoms with Crippen LogP contribution in [0.2, 0.25) is 0 Å². The molecule has 11 heteroatoms. The Morgan fingerprint density at radius 3 is 2.32 bits per heavy atom. The van der Waals surface area contributed by atoms with Gasteiger partial charge in [-0.1, -0.05) is 0 Å². The standard InChI is InChI=1S/C20H19F3N4O4/c1-30-16-8-12(9-17(31-2)18(16)15(28)5-6-20(21,22)23)27-10-25-13-7-11(19(29)26-24)3-4-14(13)27/h3-4,7-10H,5-6,24H2,1-2H3,(H,26,29). The normalized spacial score (nSPS) is 11.4. The van der Waals surface area contributed by atoms with E-state index in [0.29, 0.717) is 22.3 Å². The first-order valence-electron chi connectivity index (χ1n) is 9.03. The topological polar surface area (TPSA) is 108 Å². The van der Waals surface area contributed by atoms with E-state index in [1.54, 1.807) is 22.8 Å². The zero-order valence-electron chi connectivity index (χ0n) is 16.6. The van der Waals surface area contributed by atoms with Gasteiger partial charge in [0.05, 0.1) is 37.4 Å². The molecule has 0 radical (unpaired) electrons. The molecule has 0 saturated heterocycles. The molecule has 1 amide bonds. The lowest BCUT2D eigenvalue weighted by atomic mass is 10.0. The van der Waals surface area contributed by atoms with Crippen molar-refractivity contribution in [1.29, 1.82) is 0 Å². The van der Waals surface area contributed by atoms with Crippen LogP contribution in [0.25, 0.3) is 16.7 Å². The highest BCUT2D eigenvalue weighted by Crippen LogP contribution is 2.35. The third-order valence-electron chi connectivity index (χ3n) is 4.62. The summed E-state index contributed by atoms with van der Waals surface area (Å²) in [7, 11) is 2.62. The number of rotatable bonds is 7. The molecule has 0 fully saturated rings. The summed E-state index contributed by atoms with van der Waals surface area (Å²) in [5.74, 6) is 4.08. The molecule has 1 heterocycles. The summed E-state index contributed by atoms with van der Waals surface area (Å²) in [6.45, 7) is 0. The number of hydrogen-bond donors (Lipinski definition) is 2. The van der Waals surface area contributed by atoms with Crippen molar-refractivity contribution >= 4 is 22.7 Å². The van der Waals surface area contributed by atoms with Crippen molar-refractivity contribution in [3.8, 4) is 17.2 Å². The van der Waals surface area contributed by atoms with Crippen LogP contribution in [-0.2, 0) is 0 Å². The number of ether oxygens (including phenoxy) is 2. The fraction of sp³-hybridized carbons (Fsp3) is 0.250. The van der Waals surface area contributed by atoms with Gasteiger partial charge in [-0.25, -0.2) is 10.8 Å². The second-order valence-corrected chi connectivity index (χ2v) is 6.56. The van der Waals surface area contributed by atoms with E-state index >= 15 is 0 Å². The van der Waals surface area contributed by atoms with Gasteiger partial charge in [-0.2, -0.15) is 13.2 Å². The van der Waals surface area contributed by atoms with Crippen molar-refractivity contribution in [3.63, 3.8) is 0 Å². The van der Waals surface area contributed by atoms with Crippen LogP contribution in [0.3, 0.4) is 0 Å². The number of nitrogens with one attached hydrogen (secondary N) is 1. The lowest BCUT2D eigenvalue weighted by Crippen LogP contribution is -2.29. The largest absolute Gasteiger partial charge is 0.496 e. The van der Waals surface area contributed by atoms with Crippen LogP contribution >= 0.6 is 0 Å². The van der Waals surface area contributed by atoms with Gasteiger partial charge in [0.15, 0.2) is 5.78 Å². The molecule has 8 nitrogen and oxygen atoms in total. The summed E-state index contributed by atoms with van der Waals surface area (Å²) in [5.41, 5.74) is 3.93. The van der Waals surface area contributed by atoms with Gasteiger partial charge in [0.25, 0.3) is 5.91 Å². The zero-order valence-corrected chi connectivity index (χ0v) is 16.6. The van der Waals surface area contributed by atoms with Crippen LogP contribution in [0.15, 0.2) is 36.7 Å². The molecule has 164 valence electrons. The Labute approximate surface area is 174 Å². The number of hydrazine groups is 1. The summed E-state index contributed by atoms with van der Waals surface area (Å²) in [4.78, 5) is 28.4. The monoisotopic (exact) mass is 436 g/mol. The summed E-state index contributed by atoms with van der Waals surface area (Å²) in [6, 6.07) is 7.79. The minimum absolute atomic E-state index is 0.0654. The molecule has 0 unspecified atom stereocenters. The van der Waals surface area contributed by atoms with Gasteiger partial charge in [-0.05, 0) is 18.2 Å². The lowest BCUT2D eigenvalue weighted by molar-refractivity contribution is -0.133. The molecule has 0 bridgehead atoms. The average molecular weight is 436 g/mol. The van der Waals surface area contributed by atoms with Gasteiger partial charge in [-0.3, -0.25) is 19.6 Å². The van der Waals surface area contributed by atoms with Gasteiger partial charge in [0, 0.05) is 24.1 Å². The SMILES string of the molecule is COc1cc(-n2cnc3cc(C(=O)NN)ccc32)cc(OC)c1C(=O)CCC(F)(F)F. The first-order valence-corrected chi connectivity index (χ1v) is 9.03. The number of carbonyl (C=O) groups excluding carboxylic acids is 2. The molecule has 1 aromatic heterocycles. The molecule has 2 aromatic carbocycles. The van der Waals surface area contributed by atoms with E-state index < -0.39 is 30.7 Å². The second-order valence-electron chi connectivity index (χ2n) is 6.56. The minimum atomic E-state index is -4.45. The molecule has 0 saturated carbocycles. The van der Waals surface area contributed by atoms with Crippen LogP contribution in [0.5, 0.6) is 11.5 Å². The molecular formula is C20H19F3N4O4. The van der Waals surface area contributed by atoms with E-state index in [4.69, 9.17) is 15.3 Å². The third-order valence-corrected chi connectivity index (χ3v) is 4.62. The molecular weight excluding hydrogens is 417 g/mol. The lowest BCUT2D eigenvalue weighted by Gasteiger charge is -2.16. The van der Waals surface area contributed by atoms with E-state index in [2.05, 4.69) is 4.98 Å². The van der Waals surface area contributed by atoms with Gasteiger partial charge in [0.1, 0.15) is 23.4 Å². The minimum Gasteiger partial charge on any atom is -0.496 e. The highest BCUT2D eigenvalue weighted by atomic mass is 19.4. The molecule has 0 atom stereocenters. The Balaban J connectivity index is 2.05. The highest BCUT2D eigenvalue weighted by Gasteiger charge is 2.30. The van der Waals surface area contributed by atoms with Gasteiger partial charge < -0.3 is 9.47 Å². The maximum atomic E-state index is 12.5. The number of carbonyl (C=O) groups is 2. The summed E-state index contributed by atoms with van der Waals surface area (Å²) in [6.07, 6.45) is -4.93. The molecule has 0 aliphatic heterocycles. The Bertz CT molecular complexity index is 1120. The molecule has 0 aliphatic rings. The number of imidazole rings is 1. The van der Waals surface area contributed by atoms with Crippen LogP contribution in [0, 0.1) is 0 Å². The number of ketones is 1. The number of aromatic nitrogens is 2. The Morgan fingerprint density at radius 1 is 1.13 bits per heavy atom. The van der Waals surface area contributed by atoms with E-state index in [9.17, 15) is 22.8 Å². The van der Waals surface area contributed by atoms with Crippen LogP contribution in [0.1, 0.15) is 33.6 Å². The summed E-state index contributed by atoms with van der Waals surface area (Å²) >= 11 is 0. The van der Waals surface area contributed by atoms with Crippen LogP contribution in [0.4, 0.5) is 13.2 Å². The number of alkyl halides is 3. The zero-order chi connectivity index (χ0) is 22.8. The van der Waals surface area contributed by atoms with E-state index in [1.165, 1.54) is 32.7 Å². The van der Waals surface area contributed by atoms with Gasteiger partial charge >= 0.3 is 6.18 Å². The number of fused-ring (bicyclic) bond motifs is 1. The Kier molecular flexibility index (Phi) is 6.16. The second kappa shape index (κ2) is 8.64. The smallest absolute Gasteiger partial charge is 0.389 e. The Hall–Kier alpha value is -3.60. The van der Waals surface area contributed by atoms with E-state index in [-0.39, 0.29) is 17.1 Å². The van der Waals surface area contributed by atoms with Crippen molar-refractivity contribution in [2.24, 2.45) is 5.84 Å². The van der Waals surface area contributed by atoms with Crippen molar-refractivity contribution in [2.45, 2.75) is 19.0 Å². The van der Waals surface area contributed by atoms with Crippen molar-refractivity contribution in [1.82, 2.24) is 15.0 Å². The van der Waals surface area contributed by atoms with Crippen LogP contribution < -0.4 is 20.7 Å². The first-order chi connectivity index (χ1) is 14.7. The fourth-order valence-corrected chi connectivity index (χ4v) is 3.14. The van der Waals surface area contributed by atoms with Crippen molar-refractivity contribution < 1.29 is 32.2 Å². The molecule has 3 rings (SSSR count). The highest BCUT2D eigenvalue weighted by molar-refractivity contribution is 6.02. The van der Waals surface area contributed by atoms with E-state index in [0.717, 1.165) is 0 Å². The summed E-state index contributed by atoms with van der Waals surface area (Å²) in [5, 5.41) is 0. The number of halogens is 3. The number of Topliss-reactive ketones (excluding diaryl/α,β-unsaturated/α-hetero) is 1. The van der Waals surface area contributed by atoms with E-state index in [1.807, 2.05) is 5.43 Å². The number of hydrogen-bond acceptors (Lipinski definition) is 6. The quantitative estimate of drug-likeness (QED) is 0.255. The third kappa shape index (κ3) is 4.61. The van der Waals surface area contributed by atoms with Gasteiger partial charge in [0.2, 0.25) is 0 Å². The summed E-state index contributed by atoms with van der Waals surface area (Å²) < 4.78 is 49.8. The predicted octanol–water partition coefficient (Wildman–Crippen LogP) is 3.17. The number of amides is 1. The first kappa shape index (κ1) is 22.1. The van der Waals surface area contributed by atoms with Crippen molar-refractivity contribution in [2.75, 3.05) is 14.2 Å². The number of benzene rings is 2. The molecule has 3 aromatic rings. The fourth-order valence-electron chi connectivity index (χ4n) is 3.14. The van der Waals surface area contributed by atoms with Crippen LogP contribution in [-0.4, -0.2) is 41.6 Å². The molecule has 3 N–H and O–H groups in total. The Morgan fingerprint density at radius 2 is 1.77 bits per heavy atom. The maximum Gasteiger partial charge on any atom is 0.389 e. The molecule has 0 spiro atoms. The average Bonchev–Trinajstić information content (AvgIpc) is 3.18.